The number of nitrogens with zero attached hydrogens (tertiary/aromatic N) is 2. The van der Waals surface area contributed by atoms with Crippen LogP contribution in [0.15, 0.2) is 36.7 Å². The number of carbonyl (C=O) groups is 1. The van der Waals surface area contributed by atoms with Gasteiger partial charge in [-0.3, -0.25) is 0 Å². The second kappa shape index (κ2) is 3.96. The molecule has 0 aliphatic rings. The predicted octanol–water partition coefficient (Wildman–Crippen LogP) is 3.07. The van der Waals surface area contributed by atoms with Gasteiger partial charge in [-0.2, -0.15) is 0 Å². The highest BCUT2D eigenvalue weighted by atomic mass is 32.1. The molecule has 0 saturated carbocycles. The molecule has 0 amide bonds. The third-order valence-electron chi connectivity index (χ3n) is 2.69. The van der Waals surface area contributed by atoms with Crippen molar-refractivity contribution in [1.82, 2.24) is 9.38 Å². The summed E-state index contributed by atoms with van der Waals surface area (Å²) in [5.74, 6) is -0.931. The average Bonchev–Trinajstić information content (AvgIpc) is 2.93. The minimum absolute atomic E-state index is 0.258. The molecule has 3 heterocycles. The molecule has 3 aromatic rings. The average molecular weight is 258 g/mol. The summed E-state index contributed by atoms with van der Waals surface area (Å²) in [4.78, 5) is 17.7. The second-order valence-electron chi connectivity index (χ2n) is 4.02. The van der Waals surface area contributed by atoms with Crippen LogP contribution in [0.2, 0.25) is 0 Å². The molecule has 0 radical (unpaired) electrons. The highest BCUT2D eigenvalue weighted by molar-refractivity contribution is 7.15. The van der Waals surface area contributed by atoms with Gasteiger partial charge in [-0.25, -0.2) is 9.78 Å². The first-order valence-electron chi connectivity index (χ1n) is 5.42. The lowest BCUT2D eigenvalue weighted by Gasteiger charge is -1.95. The van der Waals surface area contributed by atoms with Crippen molar-refractivity contribution < 1.29 is 9.90 Å². The maximum absolute atomic E-state index is 10.9. The van der Waals surface area contributed by atoms with Crippen LogP contribution in [-0.4, -0.2) is 20.5 Å². The van der Waals surface area contributed by atoms with Gasteiger partial charge in [-0.1, -0.05) is 0 Å². The molecule has 3 aromatic heterocycles. The molecule has 0 aromatic carbocycles. The molecule has 3 rings (SSSR count). The van der Waals surface area contributed by atoms with E-state index < -0.39 is 5.97 Å². The van der Waals surface area contributed by atoms with Crippen molar-refractivity contribution in [2.45, 2.75) is 6.92 Å². The number of aromatic nitrogens is 2. The molecule has 0 aliphatic carbocycles. The molecule has 0 saturated heterocycles. The van der Waals surface area contributed by atoms with E-state index in [-0.39, 0.29) is 5.56 Å². The summed E-state index contributed by atoms with van der Waals surface area (Å²) in [6.45, 7) is 2.05. The zero-order chi connectivity index (χ0) is 12.7. The van der Waals surface area contributed by atoms with Crippen molar-refractivity contribution in [2.75, 3.05) is 0 Å². The van der Waals surface area contributed by atoms with Crippen LogP contribution in [0, 0.1) is 6.92 Å². The number of aromatic carboxylic acids is 1. The number of fused-ring (bicyclic) bond motifs is 1. The molecule has 5 heteroatoms. The molecule has 18 heavy (non-hydrogen) atoms. The maximum Gasteiger partial charge on any atom is 0.337 e. The molecule has 0 spiro atoms. The number of imidazole rings is 1. The smallest absolute Gasteiger partial charge is 0.337 e. The fourth-order valence-corrected chi connectivity index (χ4v) is 2.63. The molecular weight excluding hydrogens is 248 g/mol. The van der Waals surface area contributed by atoms with E-state index in [2.05, 4.69) is 4.98 Å². The number of carboxylic acid groups (broad SMARTS) is 1. The minimum atomic E-state index is -0.931. The van der Waals surface area contributed by atoms with Crippen LogP contribution >= 0.6 is 11.3 Å². The predicted molar refractivity (Wildman–Crippen MR) is 70.2 cm³/mol. The summed E-state index contributed by atoms with van der Waals surface area (Å²) >= 11 is 1.67. The van der Waals surface area contributed by atoms with Gasteiger partial charge in [0.15, 0.2) is 0 Å². The Morgan fingerprint density at radius 3 is 2.78 bits per heavy atom. The third-order valence-corrected chi connectivity index (χ3v) is 3.71. The monoisotopic (exact) mass is 258 g/mol. The van der Waals surface area contributed by atoms with Crippen LogP contribution in [0.4, 0.5) is 0 Å². The van der Waals surface area contributed by atoms with Gasteiger partial charge in [-0.15, -0.1) is 11.3 Å². The number of rotatable bonds is 2. The zero-order valence-corrected chi connectivity index (χ0v) is 10.4. The van der Waals surface area contributed by atoms with E-state index in [0.717, 1.165) is 16.2 Å². The maximum atomic E-state index is 10.9. The molecular formula is C13H10N2O2S. The van der Waals surface area contributed by atoms with Crippen LogP contribution in [0.5, 0.6) is 0 Å². The van der Waals surface area contributed by atoms with E-state index in [1.165, 1.54) is 4.88 Å². The highest BCUT2D eigenvalue weighted by Gasteiger charge is 2.08. The summed E-state index contributed by atoms with van der Waals surface area (Å²) in [6.07, 6.45) is 3.43. The van der Waals surface area contributed by atoms with Crippen LogP contribution in [0.25, 0.3) is 16.2 Å². The Balaban J connectivity index is 2.13. The van der Waals surface area contributed by atoms with E-state index in [9.17, 15) is 4.79 Å². The van der Waals surface area contributed by atoms with Gasteiger partial charge >= 0.3 is 5.97 Å². The Labute approximate surface area is 107 Å². The number of pyridine rings is 1. The van der Waals surface area contributed by atoms with E-state index in [4.69, 9.17) is 5.11 Å². The summed E-state index contributed by atoms with van der Waals surface area (Å²) in [5.41, 5.74) is 1.88. The lowest BCUT2D eigenvalue weighted by molar-refractivity contribution is 0.0696. The fourth-order valence-electron chi connectivity index (χ4n) is 1.81. The molecule has 0 unspecified atom stereocenters. The first kappa shape index (κ1) is 11.0. The Morgan fingerprint density at radius 1 is 1.28 bits per heavy atom. The standard InChI is InChI=1S/C13H10N2O2S/c1-8-2-4-11(18-8)10-7-15-6-9(13(16)17)3-5-12(15)14-10/h2-7H,1H3,(H,16,17). The van der Waals surface area contributed by atoms with Crippen LogP contribution in [0.1, 0.15) is 15.2 Å². The Kier molecular flexibility index (Phi) is 2.41. The SMILES string of the molecule is Cc1ccc(-c2cn3cc(C(=O)O)ccc3n2)s1. The number of thiophene rings is 1. The summed E-state index contributed by atoms with van der Waals surface area (Å²) in [5, 5.41) is 8.94. The number of hydrogen-bond acceptors (Lipinski definition) is 3. The number of aryl methyl sites for hydroxylation is 1. The quantitative estimate of drug-likeness (QED) is 0.768. The fraction of sp³-hybridized carbons (Fsp3) is 0.0769. The summed E-state index contributed by atoms with van der Waals surface area (Å²) in [6, 6.07) is 7.36. The molecule has 4 nitrogen and oxygen atoms in total. The second-order valence-corrected chi connectivity index (χ2v) is 5.31. The molecule has 1 N–H and O–H groups in total. The van der Waals surface area contributed by atoms with E-state index in [1.807, 2.05) is 25.3 Å². The van der Waals surface area contributed by atoms with Crippen molar-refractivity contribution in [3.05, 3.63) is 47.1 Å². The van der Waals surface area contributed by atoms with E-state index >= 15 is 0 Å². The lowest BCUT2D eigenvalue weighted by atomic mass is 10.3. The van der Waals surface area contributed by atoms with E-state index in [1.54, 1.807) is 34.1 Å². The van der Waals surface area contributed by atoms with Gasteiger partial charge in [0.2, 0.25) is 0 Å². The van der Waals surface area contributed by atoms with Gasteiger partial charge in [-0.05, 0) is 31.2 Å². The minimum Gasteiger partial charge on any atom is -0.478 e. The topological polar surface area (TPSA) is 54.6 Å². The third kappa shape index (κ3) is 1.78. The Hall–Kier alpha value is -2.14. The van der Waals surface area contributed by atoms with E-state index in [0.29, 0.717) is 0 Å². The first-order chi connectivity index (χ1) is 8.63. The van der Waals surface area contributed by atoms with Crippen molar-refractivity contribution in [3.8, 4) is 10.6 Å². The van der Waals surface area contributed by atoms with Gasteiger partial charge in [0.05, 0.1) is 16.1 Å². The molecule has 0 fully saturated rings. The summed E-state index contributed by atoms with van der Waals surface area (Å²) < 4.78 is 1.74. The van der Waals surface area contributed by atoms with Gasteiger partial charge in [0.1, 0.15) is 5.65 Å². The highest BCUT2D eigenvalue weighted by Crippen LogP contribution is 2.27. The lowest BCUT2D eigenvalue weighted by Crippen LogP contribution is -1.97. The summed E-state index contributed by atoms with van der Waals surface area (Å²) in [7, 11) is 0. The molecule has 0 bridgehead atoms. The number of carboxylic acids is 1. The van der Waals surface area contributed by atoms with Crippen LogP contribution in [0.3, 0.4) is 0 Å². The zero-order valence-electron chi connectivity index (χ0n) is 9.62. The van der Waals surface area contributed by atoms with Gasteiger partial charge in [0, 0.05) is 17.3 Å². The van der Waals surface area contributed by atoms with Crippen molar-refractivity contribution in [2.24, 2.45) is 0 Å². The Bertz CT molecular complexity index is 742. The van der Waals surface area contributed by atoms with Crippen molar-refractivity contribution in [3.63, 3.8) is 0 Å². The molecule has 0 atom stereocenters. The van der Waals surface area contributed by atoms with Gasteiger partial charge < -0.3 is 9.51 Å². The Morgan fingerprint density at radius 2 is 2.11 bits per heavy atom. The molecule has 90 valence electrons. The van der Waals surface area contributed by atoms with Crippen LogP contribution in [-0.2, 0) is 0 Å². The van der Waals surface area contributed by atoms with Crippen LogP contribution < -0.4 is 0 Å². The van der Waals surface area contributed by atoms with Gasteiger partial charge in [0.25, 0.3) is 0 Å². The normalized spacial score (nSPS) is 10.9. The molecule has 0 aliphatic heterocycles. The largest absolute Gasteiger partial charge is 0.478 e. The van der Waals surface area contributed by atoms with Crippen molar-refractivity contribution in [1.29, 1.82) is 0 Å². The van der Waals surface area contributed by atoms with Crippen molar-refractivity contribution >= 4 is 23.0 Å². The number of hydrogen-bond donors (Lipinski definition) is 1. The first-order valence-corrected chi connectivity index (χ1v) is 6.24.